The van der Waals surface area contributed by atoms with Crippen LogP contribution in [0.1, 0.15) is 48.2 Å². The van der Waals surface area contributed by atoms with E-state index in [1.54, 1.807) is 38.1 Å². The van der Waals surface area contributed by atoms with E-state index in [2.05, 4.69) is 15.3 Å². The molecule has 2 N–H and O–H groups in total. The minimum absolute atomic E-state index is 0.00947. The molecule has 0 unspecified atom stereocenters. The van der Waals surface area contributed by atoms with E-state index in [0.717, 1.165) is 36.0 Å². The fraction of sp³-hybridized carbons (Fsp3) is 0.543. The number of likely N-dealkylation sites (tertiary alicyclic amines) is 2. The molecule has 13 heteroatoms. The number of rotatable bonds is 11. The van der Waals surface area contributed by atoms with E-state index in [0.29, 0.717) is 55.2 Å². The van der Waals surface area contributed by atoms with Gasteiger partial charge in [-0.1, -0.05) is 35.9 Å². The molecule has 3 aliphatic rings. The van der Waals surface area contributed by atoms with Crippen LogP contribution in [0.2, 0.25) is 5.02 Å². The number of aliphatic carboxylic acids is 1. The highest BCUT2D eigenvalue weighted by Gasteiger charge is 2.43. The summed E-state index contributed by atoms with van der Waals surface area (Å²) < 4.78 is 19.3. The zero-order valence-electron chi connectivity index (χ0n) is 27.6. The topological polar surface area (TPSA) is 135 Å². The number of hydrogen-bond donors (Lipinski definition) is 2. The molecule has 48 heavy (non-hydrogen) atoms. The Morgan fingerprint density at radius 3 is 2.38 bits per heavy atom. The van der Waals surface area contributed by atoms with Crippen molar-refractivity contribution in [1.29, 1.82) is 0 Å². The molecule has 3 fully saturated rings. The highest BCUT2D eigenvalue weighted by Crippen LogP contribution is 2.32. The molecular formula is C35H44ClN5O7. The predicted octanol–water partition coefficient (Wildman–Crippen LogP) is 4.00. The van der Waals surface area contributed by atoms with Crippen molar-refractivity contribution in [2.45, 2.75) is 68.9 Å². The maximum atomic E-state index is 13.9. The average molecular weight is 682 g/mol. The number of nitrogens with one attached hydrogen (secondary N) is 1. The number of aryl methyl sites for hydroxylation is 1. The summed E-state index contributed by atoms with van der Waals surface area (Å²) in [4.78, 5) is 42.7. The van der Waals surface area contributed by atoms with Gasteiger partial charge in [-0.05, 0) is 55.9 Å². The molecule has 12 nitrogen and oxygen atoms in total. The zero-order chi connectivity index (χ0) is 33.9. The number of benzene rings is 2. The first-order valence-corrected chi connectivity index (χ1v) is 17.0. The number of carbonyl (C=O) groups excluding carboxylic acids is 2. The Labute approximate surface area is 285 Å². The first-order chi connectivity index (χ1) is 23.1. The lowest BCUT2D eigenvalue weighted by Crippen LogP contribution is -2.41. The second-order valence-electron chi connectivity index (χ2n) is 13.2. The van der Waals surface area contributed by atoms with Crippen molar-refractivity contribution >= 4 is 46.0 Å². The van der Waals surface area contributed by atoms with Crippen LogP contribution in [0.5, 0.6) is 0 Å². The Kier molecular flexibility index (Phi) is 10.7. The Balaban J connectivity index is 1.12. The summed E-state index contributed by atoms with van der Waals surface area (Å²) >= 11 is 6.63. The van der Waals surface area contributed by atoms with Crippen molar-refractivity contribution in [2.75, 3.05) is 45.8 Å². The number of anilines is 1. The Morgan fingerprint density at radius 1 is 1.00 bits per heavy atom. The fourth-order valence-corrected chi connectivity index (χ4v) is 7.73. The molecule has 1 aromatic heterocycles. The third kappa shape index (κ3) is 7.37. The zero-order valence-corrected chi connectivity index (χ0v) is 28.4. The molecule has 1 saturated carbocycles. The Morgan fingerprint density at radius 2 is 1.71 bits per heavy atom. The maximum absolute atomic E-state index is 13.9. The highest BCUT2D eigenvalue weighted by molar-refractivity contribution is 6.34. The molecule has 2 aliphatic heterocycles. The molecule has 0 spiro atoms. The van der Waals surface area contributed by atoms with Gasteiger partial charge in [0.25, 0.3) is 5.91 Å². The quantitative estimate of drug-likeness (QED) is 0.308. The van der Waals surface area contributed by atoms with Crippen LogP contribution in [0.3, 0.4) is 0 Å². The smallest absolute Gasteiger partial charge is 0.306 e. The van der Waals surface area contributed by atoms with Gasteiger partial charge < -0.3 is 29.5 Å². The van der Waals surface area contributed by atoms with E-state index in [1.165, 1.54) is 0 Å². The third-order valence-corrected chi connectivity index (χ3v) is 10.5. The molecule has 6 rings (SSSR count). The number of nitrogens with zero attached hydrogens (tertiary/aromatic N) is 4. The monoisotopic (exact) mass is 681 g/mol. The second kappa shape index (κ2) is 14.9. The van der Waals surface area contributed by atoms with Gasteiger partial charge in [0.2, 0.25) is 5.91 Å². The van der Waals surface area contributed by atoms with Gasteiger partial charge in [0.1, 0.15) is 0 Å². The number of amides is 2. The third-order valence-electron chi connectivity index (χ3n) is 10.2. The van der Waals surface area contributed by atoms with Crippen molar-refractivity contribution in [2.24, 2.45) is 13.0 Å². The van der Waals surface area contributed by atoms with Gasteiger partial charge in [-0.15, -0.1) is 0 Å². The van der Waals surface area contributed by atoms with Crippen LogP contribution in [0.25, 0.3) is 10.9 Å². The molecule has 2 amide bonds. The lowest BCUT2D eigenvalue weighted by Gasteiger charge is -2.30. The Hall–Kier alpha value is -3.55. The molecule has 258 valence electrons. The van der Waals surface area contributed by atoms with Crippen LogP contribution in [-0.2, 0) is 37.3 Å². The lowest BCUT2D eigenvalue weighted by molar-refractivity contribution is -0.144. The summed E-state index contributed by atoms with van der Waals surface area (Å²) in [7, 11) is 5.19. The van der Waals surface area contributed by atoms with Gasteiger partial charge in [-0.3, -0.25) is 24.0 Å². The van der Waals surface area contributed by atoms with E-state index in [9.17, 15) is 19.5 Å². The molecule has 1 aliphatic carbocycles. The standard InChI is InChI=1S/C35H44ClN5O7/c1-39-29-7-5-4-6-26(29)33(38-39)34(43)37-28-13-8-21(14-27(28)36)15-32(42)41-17-23(40-18-30(46-2)31(19-40)47-3)16-24(41)20-48-25-11-9-22(10-12-25)35(44)45/h4-8,13-14,22-25,30-31H,9-12,15-20H2,1-3H3,(H,37,43)(H,44,45)/t22-,23-,24-,25-,30-,31+/m0/s1. The lowest BCUT2D eigenvalue weighted by atomic mass is 9.87. The fourth-order valence-electron chi connectivity index (χ4n) is 7.48. The van der Waals surface area contributed by atoms with Crippen molar-refractivity contribution in [1.82, 2.24) is 19.6 Å². The summed E-state index contributed by atoms with van der Waals surface area (Å²) in [5.41, 5.74) is 2.33. The first-order valence-electron chi connectivity index (χ1n) is 16.6. The average Bonchev–Trinajstić information content (AvgIpc) is 3.80. The number of hydrogen-bond acceptors (Lipinski definition) is 8. The number of ether oxygens (including phenoxy) is 3. The summed E-state index contributed by atoms with van der Waals surface area (Å²) in [6, 6.07) is 12.8. The van der Waals surface area contributed by atoms with Crippen molar-refractivity contribution in [3.05, 3.63) is 58.7 Å². The van der Waals surface area contributed by atoms with Gasteiger partial charge in [0, 0.05) is 52.3 Å². The van der Waals surface area contributed by atoms with Gasteiger partial charge in [-0.25, -0.2) is 0 Å². The summed E-state index contributed by atoms with van der Waals surface area (Å²) in [5.74, 6) is -1.44. The molecule has 2 aromatic carbocycles. The number of halogens is 1. The largest absolute Gasteiger partial charge is 0.481 e. The second-order valence-corrected chi connectivity index (χ2v) is 13.6. The van der Waals surface area contributed by atoms with E-state index in [1.807, 2.05) is 35.2 Å². The normalized spacial score (nSPS) is 26.3. The SMILES string of the molecule is CO[C@H]1CN([C@H]2C[C@@H](CO[C@H]3CC[C@H](C(=O)O)CC3)N(C(=O)Cc3ccc(NC(=O)c4nn(C)c5ccccc45)c(Cl)c3)C2)C[C@H]1OC. The Bertz CT molecular complexity index is 1630. The molecule has 3 aromatic rings. The number of fused-ring (bicyclic) bond motifs is 1. The van der Waals surface area contributed by atoms with Crippen molar-refractivity contribution in [3.63, 3.8) is 0 Å². The number of para-hydroxylation sites is 1. The van der Waals surface area contributed by atoms with E-state index >= 15 is 0 Å². The number of aromatic nitrogens is 2. The van der Waals surface area contributed by atoms with Crippen molar-refractivity contribution in [3.8, 4) is 0 Å². The number of methoxy groups -OCH3 is 2. The summed E-state index contributed by atoms with van der Waals surface area (Å²) in [5, 5.41) is 17.7. The number of carboxylic acid groups (broad SMARTS) is 1. The van der Waals surface area contributed by atoms with E-state index in [4.69, 9.17) is 25.8 Å². The van der Waals surface area contributed by atoms with Crippen LogP contribution in [0.4, 0.5) is 5.69 Å². The molecule has 4 atom stereocenters. The molecular weight excluding hydrogens is 638 g/mol. The molecule has 0 bridgehead atoms. The van der Waals surface area contributed by atoms with Gasteiger partial charge in [0.05, 0.1) is 59.5 Å². The van der Waals surface area contributed by atoms with E-state index in [-0.39, 0.29) is 54.5 Å². The van der Waals surface area contributed by atoms with Gasteiger partial charge in [-0.2, -0.15) is 5.10 Å². The maximum Gasteiger partial charge on any atom is 0.306 e. The van der Waals surface area contributed by atoms with Crippen LogP contribution >= 0.6 is 11.6 Å². The molecule has 0 radical (unpaired) electrons. The van der Waals surface area contributed by atoms with Crippen LogP contribution < -0.4 is 5.32 Å². The molecule has 3 heterocycles. The van der Waals surface area contributed by atoms with E-state index < -0.39 is 5.97 Å². The van der Waals surface area contributed by atoms with Crippen molar-refractivity contribution < 1.29 is 33.7 Å². The predicted molar refractivity (Wildman–Crippen MR) is 180 cm³/mol. The van der Waals surface area contributed by atoms with Gasteiger partial charge >= 0.3 is 5.97 Å². The number of carboxylic acids is 1. The van der Waals surface area contributed by atoms with Crippen LogP contribution in [0, 0.1) is 5.92 Å². The number of carbonyl (C=O) groups is 3. The molecule has 2 saturated heterocycles. The minimum Gasteiger partial charge on any atom is -0.481 e. The van der Waals surface area contributed by atoms with Crippen LogP contribution in [0.15, 0.2) is 42.5 Å². The summed E-state index contributed by atoms with van der Waals surface area (Å²) in [6.07, 6.45) is 3.46. The minimum atomic E-state index is -0.740. The summed E-state index contributed by atoms with van der Waals surface area (Å²) in [6.45, 7) is 2.41. The first kappa shape index (κ1) is 34.3. The van der Waals surface area contributed by atoms with Gasteiger partial charge in [0.15, 0.2) is 5.69 Å². The van der Waals surface area contributed by atoms with Crippen LogP contribution in [-0.4, -0.2) is 113 Å². The highest BCUT2D eigenvalue weighted by atomic mass is 35.5.